The van der Waals surface area contributed by atoms with Gasteiger partial charge in [-0.25, -0.2) is 23.7 Å². The van der Waals surface area contributed by atoms with Crippen LogP contribution in [-0.2, 0) is 36.3 Å². The molecular formula is C9H14N5O12P3. The van der Waals surface area contributed by atoms with E-state index in [0.29, 0.717) is 11.2 Å². The maximum atomic E-state index is 11.7. The number of phosphoric ester groups is 1. The Morgan fingerprint density at radius 1 is 1.17 bits per heavy atom. The highest BCUT2D eigenvalue weighted by atomic mass is 31.3. The lowest BCUT2D eigenvalue weighted by Crippen LogP contribution is -2.17. The fraction of sp³-hybridized carbons (Fsp3) is 0.444. The number of aromatic nitrogens is 4. The summed E-state index contributed by atoms with van der Waals surface area (Å²) in [6.07, 6.45) is 0.819. The summed E-state index contributed by atoms with van der Waals surface area (Å²) < 4.78 is 57.3. The number of hydrogen-bond donors (Lipinski definition) is 5. The van der Waals surface area contributed by atoms with Crippen LogP contribution < -0.4 is 5.73 Å². The fourth-order valence-corrected chi connectivity index (χ4v) is 5.19. The Labute approximate surface area is 160 Å². The van der Waals surface area contributed by atoms with Gasteiger partial charge in [0.2, 0.25) is 5.95 Å². The normalized spacial score (nSPS) is 24.4. The van der Waals surface area contributed by atoms with Gasteiger partial charge in [-0.2, -0.15) is 13.6 Å². The average molecular weight is 477 g/mol. The van der Waals surface area contributed by atoms with E-state index < -0.39 is 42.6 Å². The first-order valence-corrected chi connectivity index (χ1v) is 11.9. The molecule has 162 valence electrons. The number of rotatable bonds is 8. The molecule has 2 aromatic heterocycles. The lowest BCUT2D eigenvalue weighted by Gasteiger charge is -2.17. The molecule has 6 N–H and O–H groups in total. The number of nitrogens with two attached hydrogens (primary N) is 1. The Balaban J connectivity index is 1.58. The molecule has 4 atom stereocenters. The molecule has 0 radical (unpaired) electrons. The number of nitrogens with zero attached hydrogens (tertiary/aromatic N) is 4. The molecule has 1 fully saturated rings. The van der Waals surface area contributed by atoms with Crippen molar-refractivity contribution in [2.75, 3.05) is 18.9 Å². The molecule has 0 spiro atoms. The molecule has 0 bridgehead atoms. The Morgan fingerprint density at radius 3 is 2.59 bits per heavy atom. The van der Waals surface area contributed by atoms with Crippen molar-refractivity contribution in [2.24, 2.45) is 0 Å². The van der Waals surface area contributed by atoms with Crippen molar-refractivity contribution in [2.45, 2.75) is 12.5 Å². The topological polar surface area (TPSA) is 248 Å². The Bertz CT molecular complexity index is 1040. The molecule has 0 saturated carbocycles. The third kappa shape index (κ3) is 6.08. The molecule has 1 aliphatic rings. The zero-order chi connectivity index (χ0) is 21.4. The van der Waals surface area contributed by atoms with Crippen LogP contribution in [0.15, 0.2) is 12.5 Å². The molecule has 1 saturated heterocycles. The second-order valence-corrected chi connectivity index (χ2v) is 9.75. The van der Waals surface area contributed by atoms with E-state index in [1.54, 1.807) is 0 Å². The smallest absolute Gasteiger partial charge is 0.368 e. The van der Waals surface area contributed by atoms with Gasteiger partial charge in [-0.1, -0.05) is 0 Å². The van der Waals surface area contributed by atoms with E-state index in [2.05, 4.69) is 28.1 Å². The average Bonchev–Trinajstić information content (AvgIpc) is 3.15. The zero-order valence-corrected chi connectivity index (χ0v) is 16.7. The maximum absolute atomic E-state index is 11.7. The molecule has 0 aliphatic carbocycles. The van der Waals surface area contributed by atoms with Crippen molar-refractivity contribution in [3.05, 3.63) is 12.5 Å². The van der Waals surface area contributed by atoms with Crippen molar-refractivity contribution in [3.63, 3.8) is 0 Å². The Morgan fingerprint density at radius 2 is 1.90 bits per heavy atom. The largest absolute Gasteiger partial charge is 0.490 e. The Hall–Kier alpha value is -1.32. The fourth-order valence-electron chi connectivity index (χ4n) is 2.19. The third-order valence-electron chi connectivity index (χ3n) is 3.17. The van der Waals surface area contributed by atoms with Crippen LogP contribution in [0.1, 0.15) is 6.23 Å². The van der Waals surface area contributed by atoms with E-state index in [-0.39, 0.29) is 12.6 Å². The van der Waals surface area contributed by atoms with Gasteiger partial charge in [-0.3, -0.25) is 9.09 Å². The monoisotopic (exact) mass is 477 g/mol. The molecule has 2 aromatic rings. The molecule has 0 aromatic carbocycles. The number of anilines is 1. The van der Waals surface area contributed by atoms with Gasteiger partial charge in [0, 0.05) is 0 Å². The van der Waals surface area contributed by atoms with Gasteiger partial charge < -0.3 is 34.8 Å². The Kier molecular flexibility index (Phi) is 6.23. The predicted molar refractivity (Wildman–Crippen MR) is 89.4 cm³/mol. The summed E-state index contributed by atoms with van der Waals surface area (Å²) in [6, 6.07) is 0. The van der Waals surface area contributed by atoms with E-state index in [9.17, 15) is 18.6 Å². The summed E-state index contributed by atoms with van der Waals surface area (Å²) >= 11 is 0. The number of nitrogen functional groups attached to an aromatic ring is 1. The number of phosphoric acid groups is 3. The minimum Gasteiger partial charge on any atom is -0.368 e. The minimum absolute atomic E-state index is 0.00220. The summed E-state index contributed by atoms with van der Waals surface area (Å²) in [6.45, 7) is -0.788. The quantitative estimate of drug-likeness (QED) is 0.304. The summed E-state index contributed by atoms with van der Waals surface area (Å²) in [5, 5.41) is 0. The van der Waals surface area contributed by atoms with Crippen molar-refractivity contribution in [1.82, 2.24) is 19.5 Å². The molecule has 20 heteroatoms. The number of hydrogen-bond acceptors (Lipinski definition) is 12. The van der Waals surface area contributed by atoms with E-state index >= 15 is 0 Å². The first-order chi connectivity index (χ1) is 13.3. The van der Waals surface area contributed by atoms with Crippen molar-refractivity contribution >= 4 is 40.6 Å². The number of imidazole rings is 1. The summed E-state index contributed by atoms with van der Waals surface area (Å²) in [5.41, 5.74) is 6.31. The first-order valence-electron chi connectivity index (χ1n) is 7.34. The second-order valence-electron chi connectivity index (χ2n) is 5.33. The molecule has 17 nitrogen and oxygen atoms in total. The standard InChI is InChI=1S/C9H14N5O12P3/c10-9-11-1-5-8(13-9)14(4-12-5)6-2-22-7(24-6)3-23-28(18,19)26-29(20,21)25-27(15,16)17/h1,4,6-7H,2-3H2,(H,18,19)(H,20,21)(H2,10,11,13)(H2,15,16,17)/t6-,7-/m1/s1. The van der Waals surface area contributed by atoms with Crippen LogP contribution in [-0.4, -0.2) is 58.6 Å². The van der Waals surface area contributed by atoms with Gasteiger partial charge in [0.05, 0.1) is 19.1 Å². The third-order valence-corrected chi connectivity index (χ3v) is 6.97. The first kappa shape index (κ1) is 22.4. The zero-order valence-electron chi connectivity index (χ0n) is 14.0. The van der Waals surface area contributed by atoms with Gasteiger partial charge >= 0.3 is 23.5 Å². The summed E-state index contributed by atoms with van der Waals surface area (Å²) in [4.78, 5) is 47.3. The van der Waals surface area contributed by atoms with Crippen LogP contribution in [0.25, 0.3) is 11.2 Å². The van der Waals surface area contributed by atoms with Crippen LogP contribution >= 0.6 is 23.5 Å². The highest BCUT2D eigenvalue weighted by molar-refractivity contribution is 7.66. The SMILES string of the molecule is Nc1ncc2ncn([C@H]3CO[C@@H](COP(=O)(O)OP(=O)(O)OP(=O)(O)O)O3)c2n1. The molecule has 2 unspecified atom stereocenters. The van der Waals surface area contributed by atoms with Crippen LogP contribution in [0.2, 0.25) is 0 Å². The lowest BCUT2D eigenvalue weighted by atomic mass is 10.5. The van der Waals surface area contributed by atoms with Crippen LogP contribution in [0.4, 0.5) is 5.95 Å². The van der Waals surface area contributed by atoms with E-state index in [4.69, 9.17) is 29.9 Å². The van der Waals surface area contributed by atoms with Gasteiger partial charge in [-0.05, 0) is 0 Å². The van der Waals surface area contributed by atoms with E-state index in [0.717, 1.165) is 0 Å². The molecular weight excluding hydrogens is 463 g/mol. The van der Waals surface area contributed by atoms with Crippen LogP contribution in [0, 0.1) is 0 Å². The number of fused-ring (bicyclic) bond motifs is 1. The second kappa shape index (κ2) is 8.07. The van der Waals surface area contributed by atoms with Crippen molar-refractivity contribution in [1.29, 1.82) is 0 Å². The molecule has 29 heavy (non-hydrogen) atoms. The van der Waals surface area contributed by atoms with Crippen LogP contribution in [0.3, 0.4) is 0 Å². The van der Waals surface area contributed by atoms with Crippen molar-refractivity contribution < 1.29 is 55.9 Å². The highest BCUT2D eigenvalue weighted by Gasteiger charge is 2.41. The van der Waals surface area contributed by atoms with Gasteiger partial charge in [0.15, 0.2) is 18.2 Å². The minimum atomic E-state index is -5.60. The molecule has 3 heterocycles. The van der Waals surface area contributed by atoms with Crippen LogP contribution in [0.5, 0.6) is 0 Å². The van der Waals surface area contributed by atoms with E-state index in [1.165, 1.54) is 17.1 Å². The lowest BCUT2D eigenvalue weighted by molar-refractivity contribution is -0.0961. The van der Waals surface area contributed by atoms with Gasteiger partial charge in [-0.15, -0.1) is 0 Å². The van der Waals surface area contributed by atoms with Gasteiger partial charge in [0.1, 0.15) is 12.1 Å². The number of ether oxygens (including phenoxy) is 2. The molecule has 0 amide bonds. The molecule has 1 aliphatic heterocycles. The van der Waals surface area contributed by atoms with Gasteiger partial charge in [0.25, 0.3) is 0 Å². The molecule has 3 rings (SSSR count). The summed E-state index contributed by atoms with van der Waals surface area (Å²) in [7, 11) is -16.4. The highest BCUT2D eigenvalue weighted by Crippen LogP contribution is 2.66. The predicted octanol–water partition coefficient (Wildman–Crippen LogP) is -0.377. The summed E-state index contributed by atoms with van der Waals surface area (Å²) in [5.74, 6) is 0.00220. The van der Waals surface area contributed by atoms with Crippen molar-refractivity contribution in [3.8, 4) is 0 Å². The maximum Gasteiger partial charge on any atom is 0.490 e. The van der Waals surface area contributed by atoms with E-state index in [1.807, 2.05) is 0 Å².